The standard InChI is InChI=1S/C13H22BrN3/c1-8(2)10(5)17(6)12-7-11(14)15-13(16-12)9(3)4/h7-10H,1-6H3. The topological polar surface area (TPSA) is 29.0 Å². The zero-order chi connectivity index (χ0) is 13.2. The summed E-state index contributed by atoms with van der Waals surface area (Å²) in [6.07, 6.45) is 0. The van der Waals surface area contributed by atoms with Gasteiger partial charge in [-0.05, 0) is 28.8 Å². The molecular weight excluding hydrogens is 278 g/mol. The minimum absolute atomic E-state index is 0.342. The van der Waals surface area contributed by atoms with Crippen molar-refractivity contribution in [1.29, 1.82) is 0 Å². The number of aromatic nitrogens is 2. The number of hydrogen-bond acceptors (Lipinski definition) is 3. The number of rotatable bonds is 4. The molecule has 0 amide bonds. The van der Waals surface area contributed by atoms with Gasteiger partial charge in [0.1, 0.15) is 16.2 Å². The fourth-order valence-corrected chi connectivity index (χ4v) is 1.90. The first kappa shape index (κ1) is 14.4. The summed E-state index contributed by atoms with van der Waals surface area (Å²) in [5, 5.41) is 0. The Morgan fingerprint density at radius 3 is 2.18 bits per heavy atom. The predicted molar refractivity (Wildman–Crippen MR) is 76.5 cm³/mol. The maximum atomic E-state index is 4.62. The number of hydrogen-bond donors (Lipinski definition) is 0. The molecule has 1 unspecified atom stereocenters. The van der Waals surface area contributed by atoms with Crippen molar-refractivity contribution in [3.05, 3.63) is 16.5 Å². The molecule has 1 aromatic heterocycles. The second-order valence-electron chi connectivity index (χ2n) is 5.16. The molecule has 1 heterocycles. The lowest BCUT2D eigenvalue weighted by atomic mass is 10.1. The van der Waals surface area contributed by atoms with Crippen molar-refractivity contribution in [2.45, 2.75) is 46.6 Å². The summed E-state index contributed by atoms with van der Waals surface area (Å²) < 4.78 is 0.856. The first-order valence-corrected chi connectivity index (χ1v) is 6.89. The molecule has 0 aliphatic carbocycles. The summed E-state index contributed by atoms with van der Waals surface area (Å²) in [5.74, 6) is 2.80. The fraction of sp³-hybridized carbons (Fsp3) is 0.692. The van der Waals surface area contributed by atoms with Crippen LogP contribution in [0.15, 0.2) is 10.7 Å². The zero-order valence-corrected chi connectivity index (χ0v) is 13.1. The van der Waals surface area contributed by atoms with E-state index < -0.39 is 0 Å². The Labute approximate surface area is 113 Å². The van der Waals surface area contributed by atoms with E-state index in [1.807, 2.05) is 6.07 Å². The maximum Gasteiger partial charge on any atom is 0.134 e. The van der Waals surface area contributed by atoms with E-state index in [2.05, 4.69) is 72.5 Å². The highest BCUT2D eigenvalue weighted by atomic mass is 79.9. The Balaban J connectivity index is 3.05. The Hall–Kier alpha value is -0.640. The minimum Gasteiger partial charge on any atom is -0.357 e. The molecule has 0 aromatic carbocycles. The van der Waals surface area contributed by atoms with Crippen molar-refractivity contribution < 1.29 is 0 Å². The largest absolute Gasteiger partial charge is 0.357 e. The van der Waals surface area contributed by atoms with E-state index in [9.17, 15) is 0 Å². The van der Waals surface area contributed by atoms with Gasteiger partial charge >= 0.3 is 0 Å². The molecule has 0 bridgehead atoms. The van der Waals surface area contributed by atoms with E-state index in [4.69, 9.17) is 0 Å². The highest BCUT2D eigenvalue weighted by Gasteiger charge is 2.16. The van der Waals surface area contributed by atoms with Crippen LogP contribution in [0.5, 0.6) is 0 Å². The van der Waals surface area contributed by atoms with Gasteiger partial charge in [-0.1, -0.05) is 27.7 Å². The molecule has 0 aliphatic heterocycles. The van der Waals surface area contributed by atoms with Crippen LogP contribution < -0.4 is 4.90 Å². The normalized spacial score (nSPS) is 13.2. The van der Waals surface area contributed by atoms with Gasteiger partial charge in [0.2, 0.25) is 0 Å². The molecule has 0 saturated carbocycles. The van der Waals surface area contributed by atoms with Crippen LogP contribution in [0.2, 0.25) is 0 Å². The van der Waals surface area contributed by atoms with Crippen molar-refractivity contribution in [2.24, 2.45) is 5.92 Å². The molecule has 0 spiro atoms. The highest BCUT2D eigenvalue weighted by molar-refractivity contribution is 9.10. The molecule has 0 radical (unpaired) electrons. The van der Waals surface area contributed by atoms with Crippen LogP contribution in [-0.2, 0) is 0 Å². The molecule has 0 fully saturated rings. The molecule has 1 aromatic rings. The third-order valence-corrected chi connectivity index (χ3v) is 3.56. The van der Waals surface area contributed by atoms with Gasteiger partial charge in [-0.3, -0.25) is 0 Å². The first-order chi connectivity index (χ1) is 7.82. The van der Waals surface area contributed by atoms with Crippen LogP contribution in [0.25, 0.3) is 0 Å². The highest BCUT2D eigenvalue weighted by Crippen LogP contribution is 2.22. The fourth-order valence-electron chi connectivity index (χ4n) is 1.52. The summed E-state index contributed by atoms with van der Waals surface area (Å²) >= 11 is 3.46. The third-order valence-electron chi connectivity index (χ3n) is 3.15. The SMILES string of the molecule is CC(C)c1nc(Br)cc(N(C)C(C)C(C)C)n1. The summed E-state index contributed by atoms with van der Waals surface area (Å²) in [4.78, 5) is 11.2. The smallest absolute Gasteiger partial charge is 0.134 e. The van der Waals surface area contributed by atoms with Crippen molar-refractivity contribution in [1.82, 2.24) is 9.97 Å². The summed E-state index contributed by atoms with van der Waals surface area (Å²) in [5.41, 5.74) is 0. The average molecular weight is 300 g/mol. The molecule has 1 atom stereocenters. The maximum absolute atomic E-state index is 4.62. The van der Waals surface area contributed by atoms with Gasteiger partial charge < -0.3 is 4.90 Å². The van der Waals surface area contributed by atoms with Crippen LogP contribution in [0, 0.1) is 5.92 Å². The molecule has 4 heteroatoms. The zero-order valence-electron chi connectivity index (χ0n) is 11.5. The van der Waals surface area contributed by atoms with Crippen LogP contribution in [0.4, 0.5) is 5.82 Å². The van der Waals surface area contributed by atoms with Gasteiger partial charge in [0.05, 0.1) is 0 Å². The van der Waals surface area contributed by atoms with Crippen LogP contribution in [0.3, 0.4) is 0 Å². The minimum atomic E-state index is 0.342. The van der Waals surface area contributed by atoms with Crippen LogP contribution in [0.1, 0.15) is 46.4 Å². The molecule has 1 rings (SSSR count). The molecule has 0 N–H and O–H groups in total. The van der Waals surface area contributed by atoms with Crippen molar-refractivity contribution in [2.75, 3.05) is 11.9 Å². The summed E-state index contributed by atoms with van der Waals surface area (Å²) in [6.45, 7) is 10.9. The molecule has 0 aliphatic rings. The second kappa shape index (κ2) is 5.80. The van der Waals surface area contributed by atoms with Gasteiger partial charge in [0, 0.05) is 25.1 Å². The Morgan fingerprint density at radius 2 is 1.71 bits per heavy atom. The Bertz CT molecular complexity index is 377. The molecule has 3 nitrogen and oxygen atoms in total. The molecule has 0 saturated heterocycles. The van der Waals surface area contributed by atoms with Gasteiger partial charge in [-0.15, -0.1) is 0 Å². The van der Waals surface area contributed by atoms with Crippen LogP contribution >= 0.6 is 15.9 Å². The quantitative estimate of drug-likeness (QED) is 0.791. The second-order valence-corrected chi connectivity index (χ2v) is 5.97. The molecular formula is C13H22BrN3. The lowest BCUT2D eigenvalue weighted by Gasteiger charge is -2.29. The predicted octanol–water partition coefficient (Wildman–Crippen LogP) is 3.84. The lowest BCUT2D eigenvalue weighted by molar-refractivity contribution is 0.501. The van der Waals surface area contributed by atoms with Crippen molar-refractivity contribution >= 4 is 21.7 Å². The van der Waals surface area contributed by atoms with E-state index in [1.165, 1.54) is 0 Å². The monoisotopic (exact) mass is 299 g/mol. The lowest BCUT2D eigenvalue weighted by Crippen LogP contribution is -2.34. The van der Waals surface area contributed by atoms with Gasteiger partial charge in [0.15, 0.2) is 0 Å². The average Bonchev–Trinajstić information content (AvgIpc) is 2.25. The van der Waals surface area contributed by atoms with Gasteiger partial charge in [-0.25, -0.2) is 9.97 Å². The van der Waals surface area contributed by atoms with E-state index in [0.717, 1.165) is 16.2 Å². The number of halogens is 1. The van der Waals surface area contributed by atoms with E-state index in [0.29, 0.717) is 17.9 Å². The number of anilines is 1. The van der Waals surface area contributed by atoms with Crippen molar-refractivity contribution in [3.8, 4) is 0 Å². The molecule has 17 heavy (non-hydrogen) atoms. The summed E-state index contributed by atoms with van der Waals surface area (Å²) in [6, 6.07) is 2.43. The van der Waals surface area contributed by atoms with Crippen LogP contribution in [-0.4, -0.2) is 23.1 Å². The third kappa shape index (κ3) is 3.66. The van der Waals surface area contributed by atoms with Crippen molar-refractivity contribution in [3.63, 3.8) is 0 Å². The molecule has 96 valence electrons. The summed E-state index contributed by atoms with van der Waals surface area (Å²) in [7, 11) is 2.09. The van der Waals surface area contributed by atoms with E-state index in [1.54, 1.807) is 0 Å². The number of nitrogens with zero attached hydrogens (tertiary/aromatic N) is 3. The van der Waals surface area contributed by atoms with E-state index >= 15 is 0 Å². The Kier molecular flexibility index (Phi) is 4.92. The first-order valence-electron chi connectivity index (χ1n) is 6.10. The van der Waals surface area contributed by atoms with Gasteiger partial charge in [-0.2, -0.15) is 0 Å². The van der Waals surface area contributed by atoms with Gasteiger partial charge in [0.25, 0.3) is 0 Å². The van der Waals surface area contributed by atoms with E-state index in [-0.39, 0.29) is 0 Å². The Morgan fingerprint density at radius 1 is 1.12 bits per heavy atom.